The van der Waals surface area contributed by atoms with Gasteiger partial charge in [-0.1, -0.05) is 30.3 Å². The van der Waals surface area contributed by atoms with Crippen LogP contribution in [0.25, 0.3) is 11.3 Å². The van der Waals surface area contributed by atoms with Gasteiger partial charge in [-0.2, -0.15) is 5.10 Å². The van der Waals surface area contributed by atoms with Crippen molar-refractivity contribution < 1.29 is 4.42 Å². The predicted octanol–water partition coefficient (Wildman–Crippen LogP) is 2.77. The molecule has 0 spiro atoms. The normalized spacial score (nSPS) is 10.7. The van der Waals surface area contributed by atoms with E-state index in [9.17, 15) is 0 Å². The number of anilines is 1. The number of hydrogen-bond acceptors (Lipinski definition) is 3. The summed E-state index contributed by atoms with van der Waals surface area (Å²) in [7, 11) is 0. The smallest absolute Gasteiger partial charge is 0.118 e. The maximum Gasteiger partial charge on any atom is 0.118 e. The Morgan fingerprint density at radius 3 is 2.72 bits per heavy atom. The Kier molecular flexibility index (Phi) is 2.61. The standard InChI is InChI=1S/C14H13N3O/c15-13-9-17(8-11-4-2-1-3-5-11)16-14(13)12-6-7-18-10-12/h1-7,9-10H,8,15H2. The molecule has 0 fully saturated rings. The summed E-state index contributed by atoms with van der Waals surface area (Å²) in [6, 6.07) is 12.0. The average Bonchev–Trinajstić information content (AvgIpc) is 3.00. The monoisotopic (exact) mass is 239 g/mol. The summed E-state index contributed by atoms with van der Waals surface area (Å²) in [5, 5.41) is 4.48. The van der Waals surface area contributed by atoms with E-state index in [0.717, 1.165) is 11.3 Å². The van der Waals surface area contributed by atoms with Crippen LogP contribution in [0.3, 0.4) is 0 Å². The summed E-state index contributed by atoms with van der Waals surface area (Å²) in [5.41, 5.74) is 9.48. The Morgan fingerprint density at radius 1 is 1.17 bits per heavy atom. The molecule has 0 radical (unpaired) electrons. The summed E-state index contributed by atoms with van der Waals surface area (Å²) >= 11 is 0. The van der Waals surface area contributed by atoms with Gasteiger partial charge in [0.25, 0.3) is 0 Å². The van der Waals surface area contributed by atoms with Crippen LogP contribution in [0, 0.1) is 0 Å². The van der Waals surface area contributed by atoms with Crippen molar-refractivity contribution in [2.24, 2.45) is 0 Å². The maximum atomic E-state index is 5.96. The molecular formula is C14H13N3O. The van der Waals surface area contributed by atoms with Crippen LogP contribution in [0.4, 0.5) is 5.69 Å². The quantitative estimate of drug-likeness (QED) is 0.764. The van der Waals surface area contributed by atoms with Crippen LogP contribution in [0.2, 0.25) is 0 Å². The van der Waals surface area contributed by atoms with Gasteiger partial charge in [0.05, 0.1) is 24.8 Å². The molecule has 18 heavy (non-hydrogen) atoms. The minimum absolute atomic E-state index is 0.660. The number of benzene rings is 1. The first-order chi connectivity index (χ1) is 8.83. The zero-order chi connectivity index (χ0) is 12.4. The van der Waals surface area contributed by atoms with Crippen LogP contribution in [0.1, 0.15) is 5.56 Å². The van der Waals surface area contributed by atoms with E-state index < -0.39 is 0 Å². The Hall–Kier alpha value is -2.49. The predicted molar refractivity (Wildman–Crippen MR) is 69.9 cm³/mol. The molecule has 90 valence electrons. The second kappa shape index (κ2) is 4.41. The van der Waals surface area contributed by atoms with Crippen LogP contribution < -0.4 is 5.73 Å². The molecule has 0 unspecified atom stereocenters. The zero-order valence-electron chi connectivity index (χ0n) is 9.78. The molecule has 1 aromatic carbocycles. The fraction of sp³-hybridized carbons (Fsp3) is 0.0714. The Balaban J connectivity index is 1.89. The molecule has 2 aromatic heterocycles. The number of nitrogen functional groups attached to an aromatic ring is 1. The van der Waals surface area contributed by atoms with Gasteiger partial charge in [0, 0.05) is 11.8 Å². The molecule has 0 aliphatic heterocycles. The van der Waals surface area contributed by atoms with Crippen LogP contribution >= 0.6 is 0 Å². The van der Waals surface area contributed by atoms with Gasteiger partial charge in [-0.3, -0.25) is 4.68 Å². The van der Waals surface area contributed by atoms with Gasteiger partial charge in [0.1, 0.15) is 5.69 Å². The van der Waals surface area contributed by atoms with Crippen molar-refractivity contribution in [3.05, 3.63) is 60.7 Å². The number of nitrogens with two attached hydrogens (primary N) is 1. The highest BCUT2D eigenvalue weighted by atomic mass is 16.3. The van der Waals surface area contributed by atoms with Crippen LogP contribution in [-0.4, -0.2) is 9.78 Å². The van der Waals surface area contributed by atoms with E-state index in [1.54, 1.807) is 12.5 Å². The molecule has 0 saturated carbocycles. The fourth-order valence-electron chi connectivity index (χ4n) is 1.91. The molecule has 4 heteroatoms. The third-order valence-electron chi connectivity index (χ3n) is 2.77. The van der Waals surface area contributed by atoms with E-state index in [-0.39, 0.29) is 0 Å². The molecule has 0 saturated heterocycles. The molecule has 2 N–H and O–H groups in total. The van der Waals surface area contributed by atoms with E-state index in [4.69, 9.17) is 10.2 Å². The second-order valence-electron chi connectivity index (χ2n) is 4.13. The lowest BCUT2D eigenvalue weighted by molar-refractivity contribution is 0.568. The Bertz CT molecular complexity index is 626. The van der Waals surface area contributed by atoms with Crippen molar-refractivity contribution in [3.63, 3.8) is 0 Å². The molecule has 3 aromatic rings. The van der Waals surface area contributed by atoms with Crippen molar-refractivity contribution >= 4 is 5.69 Å². The minimum Gasteiger partial charge on any atom is -0.472 e. The molecule has 0 aliphatic rings. The summed E-state index contributed by atoms with van der Waals surface area (Å²) in [5.74, 6) is 0. The van der Waals surface area contributed by atoms with Crippen molar-refractivity contribution in [2.75, 3.05) is 5.73 Å². The first kappa shape index (κ1) is 10.7. The van der Waals surface area contributed by atoms with Crippen LogP contribution in [0.5, 0.6) is 0 Å². The van der Waals surface area contributed by atoms with Gasteiger partial charge >= 0.3 is 0 Å². The lowest BCUT2D eigenvalue weighted by atomic mass is 10.2. The van der Waals surface area contributed by atoms with Gasteiger partial charge in [-0.25, -0.2) is 0 Å². The zero-order valence-corrected chi connectivity index (χ0v) is 9.78. The van der Waals surface area contributed by atoms with Crippen molar-refractivity contribution in [1.82, 2.24) is 9.78 Å². The van der Waals surface area contributed by atoms with E-state index in [1.165, 1.54) is 5.56 Å². The van der Waals surface area contributed by atoms with E-state index in [2.05, 4.69) is 17.2 Å². The highest BCUT2D eigenvalue weighted by Gasteiger charge is 2.09. The number of rotatable bonds is 3. The van der Waals surface area contributed by atoms with Crippen molar-refractivity contribution in [1.29, 1.82) is 0 Å². The van der Waals surface area contributed by atoms with Crippen molar-refractivity contribution in [2.45, 2.75) is 6.54 Å². The number of nitrogens with zero attached hydrogens (tertiary/aromatic N) is 2. The number of furan rings is 1. The molecule has 0 aliphatic carbocycles. The minimum atomic E-state index is 0.660. The van der Waals surface area contributed by atoms with Gasteiger partial charge < -0.3 is 10.2 Å². The lowest BCUT2D eigenvalue weighted by Crippen LogP contribution is -1.99. The molecule has 4 nitrogen and oxygen atoms in total. The van der Waals surface area contributed by atoms with Gasteiger partial charge in [0.2, 0.25) is 0 Å². The SMILES string of the molecule is Nc1cn(Cc2ccccc2)nc1-c1ccoc1. The van der Waals surface area contributed by atoms with Gasteiger partial charge in [-0.05, 0) is 11.6 Å². The Morgan fingerprint density at radius 2 is 2.00 bits per heavy atom. The maximum absolute atomic E-state index is 5.96. The number of aromatic nitrogens is 2. The average molecular weight is 239 g/mol. The molecule has 3 rings (SSSR count). The summed E-state index contributed by atoms with van der Waals surface area (Å²) in [4.78, 5) is 0. The van der Waals surface area contributed by atoms with Gasteiger partial charge in [-0.15, -0.1) is 0 Å². The first-order valence-corrected chi connectivity index (χ1v) is 5.72. The van der Waals surface area contributed by atoms with E-state index in [1.807, 2.05) is 35.1 Å². The highest BCUT2D eigenvalue weighted by Crippen LogP contribution is 2.24. The third-order valence-corrected chi connectivity index (χ3v) is 2.77. The summed E-state index contributed by atoms with van der Waals surface area (Å²) in [6.07, 6.45) is 5.10. The van der Waals surface area contributed by atoms with Crippen LogP contribution in [-0.2, 0) is 6.54 Å². The molecule has 2 heterocycles. The molecule has 0 amide bonds. The Labute approximate surface area is 105 Å². The number of hydrogen-bond donors (Lipinski definition) is 1. The largest absolute Gasteiger partial charge is 0.472 e. The molecule has 0 bridgehead atoms. The topological polar surface area (TPSA) is 57.0 Å². The van der Waals surface area contributed by atoms with Gasteiger partial charge in [0.15, 0.2) is 0 Å². The lowest BCUT2D eigenvalue weighted by Gasteiger charge is -2.00. The third kappa shape index (κ3) is 2.00. The summed E-state index contributed by atoms with van der Waals surface area (Å²) in [6.45, 7) is 0.711. The summed E-state index contributed by atoms with van der Waals surface area (Å²) < 4.78 is 6.89. The fourth-order valence-corrected chi connectivity index (χ4v) is 1.91. The molecular weight excluding hydrogens is 226 g/mol. The molecule has 0 atom stereocenters. The van der Waals surface area contributed by atoms with E-state index >= 15 is 0 Å². The van der Waals surface area contributed by atoms with Crippen LogP contribution in [0.15, 0.2) is 59.5 Å². The van der Waals surface area contributed by atoms with Crippen molar-refractivity contribution in [3.8, 4) is 11.3 Å². The van der Waals surface area contributed by atoms with E-state index in [0.29, 0.717) is 12.2 Å². The highest BCUT2D eigenvalue weighted by molar-refractivity contribution is 5.70. The first-order valence-electron chi connectivity index (χ1n) is 5.72. The second-order valence-corrected chi connectivity index (χ2v) is 4.13.